The van der Waals surface area contributed by atoms with Crippen molar-refractivity contribution in [3.8, 4) is 17.3 Å². The zero-order valence-electron chi connectivity index (χ0n) is 19.3. The number of fused-ring (bicyclic) bond motifs is 1. The van der Waals surface area contributed by atoms with Gasteiger partial charge in [0, 0.05) is 56.9 Å². The molecule has 2 fully saturated rings. The Balaban J connectivity index is 1.49. The summed E-state index contributed by atoms with van der Waals surface area (Å²) in [5.74, 6) is 0.771. The van der Waals surface area contributed by atoms with Crippen LogP contribution in [0.4, 0.5) is 5.95 Å². The van der Waals surface area contributed by atoms with E-state index in [1.165, 1.54) is 12.7 Å². The van der Waals surface area contributed by atoms with Crippen LogP contribution in [0.1, 0.15) is 30.4 Å². The van der Waals surface area contributed by atoms with Crippen molar-refractivity contribution in [1.29, 1.82) is 5.26 Å². The molecule has 0 bridgehead atoms. The molecule has 0 atom stereocenters. The van der Waals surface area contributed by atoms with Gasteiger partial charge in [0.1, 0.15) is 0 Å². The van der Waals surface area contributed by atoms with Gasteiger partial charge >= 0.3 is 0 Å². The Bertz CT molecular complexity index is 1320. The smallest absolute Gasteiger partial charge is 0.226 e. The summed E-state index contributed by atoms with van der Waals surface area (Å²) in [7, 11) is -3.14. The fourth-order valence-corrected chi connectivity index (χ4v) is 6.50. The van der Waals surface area contributed by atoms with E-state index >= 15 is 0 Å². The lowest BCUT2D eigenvalue weighted by Crippen LogP contribution is -2.47. The summed E-state index contributed by atoms with van der Waals surface area (Å²) in [6, 6.07) is 9.77. The summed E-state index contributed by atoms with van der Waals surface area (Å²) >= 11 is 1.65. The van der Waals surface area contributed by atoms with Crippen LogP contribution >= 0.6 is 11.3 Å². The van der Waals surface area contributed by atoms with Gasteiger partial charge in [-0.25, -0.2) is 18.4 Å². The van der Waals surface area contributed by atoms with E-state index in [1.54, 1.807) is 15.6 Å². The topological polar surface area (TPSA) is 93.4 Å². The predicted octanol–water partition coefficient (Wildman–Crippen LogP) is 3.30. The van der Waals surface area contributed by atoms with E-state index in [2.05, 4.69) is 21.2 Å². The second-order valence-electron chi connectivity index (χ2n) is 8.99. The summed E-state index contributed by atoms with van der Waals surface area (Å²) in [5.41, 5.74) is 4.66. The number of aromatic nitrogens is 2. The van der Waals surface area contributed by atoms with Gasteiger partial charge in [0.2, 0.25) is 16.0 Å². The summed E-state index contributed by atoms with van der Waals surface area (Å²) in [4.78, 5) is 14.6. The van der Waals surface area contributed by atoms with Gasteiger partial charge in [-0.1, -0.05) is 12.1 Å². The number of rotatable bonds is 5. The second kappa shape index (κ2) is 9.58. The van der Waals surface area contributed by atoms with Crippen LogP contribution in [-0.4, -0.2) is 73.1 Å². The molecule has 1 aromatic carbocycles. The molecule has 0 aliphatic carbocycles. The van der Waals surface area contributed by atoms with Crippen molar-refractivity contribution >= 4 is 37.5 Å². The van der Waals surface area contributed by atoms with Gasteiger partial charge < -0.3 is 4.90 Å². The average molecular weight is 497 g/mol. The van der Waals surface area contributed by atoms with E-state index in [0.29, 0.717) is 31.7 Å². The van der Waals surface area contributed by atoms with E-state index < -0.39 is 10.0 Å². The first-order valence-electron chi connectivity index (χ1n) is 11.6. The van der Waals surface area contributed by atoms with E-state index in [0.717, 1.165) is 65.5 Å². The first kappa shape index (κ1) is 23.2. The van der Waals surface area contributed by atoms with Crippen molar-refractivity contribution < 1.29 is 8.42 Å². The molecule has 2 saturated heterocycles. The number of nitriles is 1. The SMILES string of the molecule is CS(=O)(=O)N1CCN(Cc2csc3c(-c4ccc(C#N)cc4)nc(N4CCCCC4)nc23)CC1. The number of anilines is 1. The third-order valence-corrected chi connectivity index (χ3v) is 8.93. The third-order valence-electron chi connectivity index (χ3n) is 6.60. The molecule has 0 saturated carbocycles. The van der Waals surface area contributed by atoms with Crippen LogP contribution in [0.15, 0.2) is 29.6 Å². The normalized spacial score (nSPS) is 18.3. The first-order chi connectivity index (χ1) is 16.4. The maximum atomic E-state index is 11.9. The fraction of sp³-hybridized carbons (Fsp3) is 0.458. The number of hydrogen-bond acceptors (Lipinski definition) is 8. The van der Waals surface area contributed by atoms with E-state index in [1.807, 2.05) is 24.3 Å². The second-order valence-corrected chi connectivity index (χ2v) is 11.8. The van der Waals surface area contributed by atoms with Crippen molar-refractivity contribution in [2.24, 2.45) is 0 Å². The number of sulfonamides is 1. The first-order valence-corrected chi connectivity index (χ1v) is 14.4. The Kier molecular flexibility index (Phi) is 6.53. The van der Waals surface area contributed by atoms with Gasteiger partial charge in [-0.15, -0.1) is 11.3 Å². The Morgan fingerprint density at radius 3 is 2.35 bits per heavy atom. The lowest BCUT2D eigenvalue weighted by molar-refractivity contribution is 0.183. The molecular formula is C24H28N6O2S2. The average Bonchev–Trinajstić information content (AvgIpc) is 3.26. The quantitative estimate of drug-likeness (QED) is 0.535. The highest BCUT2D eigenvalue weighted by molar-refractivity contribution is 7.88. The molecule has 0 unspecified atom stereocenters. The minimum Gasteiger partial charge on any atom is -0.341 e. The van der Waals surface area contributed by atoms with Crippen LogP contribution in [0.3, 0.4) is 0 Å². The summed E-state index contributed by atoms with van der Waals surface area (Å²) < 4.78 is 26.3. The molecule has 178 valence electrons. The van der Waals surface area contributed by atoms with Gasteiger partial charge in [0.15, 0.2) is 0 Å². The molecule has 2 aliphatic rings. The largest absolute Gasteiger partial charge is 0.341 e. The van der Waals surface area contributed by atoms with Crippen LogP contribution in [0.25, 0.3) is 21.5 Å². The number of piperazine rings is 1. The molecule has 2 aliphatic heterocycles. The number of nitrogens with zero attached hydrogens (tertiary/aromatic N) is 6. The Labute approximate surface area is 204 Å². The highest BCUT2D eigenvalue weighted by Gasteiger charge is 2.25. The predicted molar refractivity (Wildman–Crippen MR) is 135 cm³/mol. The van der Waals surface area contributed by atoms with Crippen LogP contribution in [0.2, 0.25) is 0 Å². The number of benzene rings is 1. The van der Waals surface area contributed by atoms with Crippen molar-refractivity contribution in [3.63, 3.8) is 0 Å². The van der Waals surface area contributed by atoms with Crippen molar-refractivity contribution in [3.05, 3.63) is 40.8 Å². The molecule has 5 rings (SSSR count). The molecule has 2 aromatic heterocycles. The van der Waals surface area contributed by atoms with Crippen molar-refractivity contribution in [1.82, 2.24) is 19.2 Å². The van der Waals surface area contributed by atoms with Gasteiger partial charge in [-0.05, 0) is 36.8 Å². The van der Waals surface area contributed by atoms with Gasteiger partial charge in [0.05, 0.1) is 33.8 Å². The fourth-order valence-electron chi connectivity index (χ4n) is 4.66. The number of piperidine rings is 1. The van der Waals surface area contributed by atoms with E-state index in [9.17, 15) is 13.7 Å². The van der Waals surface area contributed by atoms with Crippen molar-refractivity contribution in [2.75, 3.05) is 50.4 Å². The Morgan fingerprint density at radius 1 is 1.00 bits per heavy atom. The lowest BCUT2D eigenvalue weighted by atomic mass is 10.1. The van der Waals surface area contributed by atoms with Crippen molar-refractivity contribution in [2.45, 2.75) is 25.8 Å². The van der Waals surface area contributed by atoms with Crippen LogP contribution < -0.4 is 4.90 Å². The minimum atomic E-state index is -3.14. The lowest BCUT2D eigenvalue weighted by Gasteiger charge is -2.33. The highest BCUT2D eigenvalue weighted by Crippen LogP contribution is 2.35. The standard InChI is InChI=1S/C24H28N6O2S2/c1-34(31,32)30-13-11-28(12-14-30)16-20-17-33-23-21(19-7-5-18(15-25)6-8-19)26-24(27-22(20)23)29-9-3-2-4-10-29/h5-8,17H,2-4,9-14,16H2,1H3. The highest BCUT2D eigenvalue weighted by atomic mass is 32.2. The van der Waals surface area contributed by atoms with Crippen LogP contribution in [0, 0.1) is 11.3 Å². The van der Waals surface area contributed by atoms with Gasteiger partial charge in [-0.3, -0.25) is 4.90 Å². The minimum absolute atomic E-state index is 0.519. The van der Waals surface area contributed by atoms with E-state index in [4.69, 9.17) is 9.97 Å². The summed E-state index contributed by atoms with van der Waals surface area (Å²) in [5, 5.41) is 11.3. The number of thiophene rings is 1. The molecule has 0 N–H and O–H groups in total. The van der Waals surface area contributed by atoms with Gasteiger partial charge in [-0.2, -0.15) is 9.57 Å². The molecule has 4 heterocycles. The summed E-state index contributed by atoms with van der Waals surface area (Å²) in [6.07, 6.45) is 4.81. The zero-order chi connectivity index (χ0) is 23.7. The molecule has 0 spiro atoms. The monoisotopic (exact) mass is 496 g/mol. The third kappa shape index (κ3) is 4.79. The van der Waals surface area contributed by atoms with Gasteiger partial charge in [0.25, 0.3) is 0 Å². The molecule has 10 heteroatoms. The zero-order valence-corrected chi connectivity index (χ0v) is 20.9. The maximum Gasteiger partial charge on any atom is 0.226 e. The molecule has 0 radical (unpaired) electrons. The molecule has 8 nitrogen and oxygen atoms in total. The Hall–Kier alpha value is -2.58. The van der Waals surface area contributed by atoms with Crippen LogP contribution in [-0.2, 0) is 16.6 Å². The molecule has 3 aromatic rings. The molecule has 34 heavy (non-hydrogen) atoms. The molecular weight excluding hydrogens is 468 g/mol. The number of hydrogen-bond donors (Lipinski definition) is 0. The van der Waals surface area contributed by atoms with Crippen LogP contribution in [0.5, 0.6) is 0 Å². The molecule has 0 amide bonds. The van der Waals surface area contributed by atoms with E-state index in [-0.39, 0.29) is 0 Å². The maximum absolute atomic E-state index is 11.9. The Morgan fingerprint density at radius 2 is 1.71 bits per heavy atom. The summed E-state index contributed by atoms with van der Waals surface area (Å²) in [6.45, 7) is 5.11.